The number of nitrogens with one attached hydrogen (secondary N) is 2. The highest BCUT2D eigenvalue weighted by atomic mass is 32.1. The number of carbonyl (C=O) groups is 2. The van der Waals surface area contributed by atoms with Crippen molar-refractivity contribution in [3.8, 4) is 0 Å². The summed E-state index contributed by atoms with van der Waals surface area (Å²) in [5, 5.41) is 11.6. The Morgan fingerprint density at radius 2 is 2.24 bits per heavy atom. The van der Waals surface area contributed by atoms with Gasteiger partial charge in [-0.3, -0.25) is 20.0 Å². The molecule has 0 unspecified atom stereocenters. The summed E-state index contributed by atoms with van der Waals surface area (Å²) in [6.45, 7) is 4.19. The molecule has 0 atom stereocenters. The number of carbonyl (C=O) groups excluding carboxylic acids is 2. The summed E-state index contributed by atoms with van der Waals surface area (Å²) in [4.78, 5) is 26.9. The third-order valence-electron chi connectivity index (χ3n) is 2.62. The first kappa shape index (κ1) is 15.2. The van der Waals surface area contributed by atoms with Crippen LogP contribution in [0.4, 0.5) is 5.13 Å². The van der Waals surface area contributed by atoms with Crippen molar-refractivity contribution in [2.24, 2.45) is 11.7 Å². The Balaban J connectivity index is 1.99. The average molecular weight is 307 g/mol. The summed E-state index contributed by atoms with van der Waals surface area (Å²) >= 11 is 1.24. The molecule has 0 aliphatic heterocycles. The number of amides is 2. The van der Waals surface area contributed by atoms with Gasteiger partial charge in [0.2, 0.25) is 5.91 Å². The van der Waals surface area contributed by atoms with Crippen molar-refractivity contribution >= 4 is 28.3 Å². The van der Waals surface area contributed by atoms with Crippen molar-refractivity contribution in [3.05, 3.63) is 28.5 Å². The van der Waals surface area contributed by atoms with Crippen LogP contribution >= 0.6 is 11.3 Å². The van der Waals surface area contributed by atoms with Gasteiger partial charge in [0.1, 0.15) is 0 Å². The highest BCUT2D eigenvalue weighted by Crippen LogP contribution is 2.17. The van der Waals surface area contributed by atoms with Crippen LogP contribution in [0.2, 0.25) is 0 Å². The number of hydrogen-bond acceptors (Lipinski definition) is 5. The number of anilines is 1. The maximum absolute atomic E-state index is 12.0. The lowest BCUT2D eigenvalue weighted by atomic mass is 10.1. The van der Waals surface area contributed by atoms with Gasteiger partial charge in [0.25, 0.3) is 5.91 Å². The Morgan fingerprint density at radius 1 is 1.48 bits per heavy atom. The van der Waals surface area contributed by atoms with Crippen molar-refractivity contribution in [1.82, 2.24) is 15.2 Å². The summed E-state index contributed by atoms with van der Waals surface area (Å²) in [7, 11) is 0. The molecule has 4 N–H and O–H groups in total. The van der Waals surface area contributed by atoms with Crippen LogP contribution in [0, 0.1) is 5.92 Å². The second kappa shape index (κ2) is 6.49. The van der Waals surface area contributed by atoms with E-state index in [1.54, 1.807) is 11.4 Å². The summed E-state index contributed by atoms with van der Waals surface area (Å²) < 4.78 is 0. The Labute approximate surface area is 126 Å². The summed E-state index contributed by atoms with van der Waals surface area (Å²) in [6, 6.07) is 1.73. The first-order valence-corrected chi connectivity index (χ1v) is 7.40. The highest BCUT2D eigenvalue weighted by Gasteiger charge is 2.13. The molecule has 8 heteroatoms. The maximum atomic E-state index is 12.0. The number of aromatic amines is 1. The van der Waals surface area contributed by atoms with E-state index in [0.29, 0.717) is 22.4 Å². The Kier molecular flexibility index (Phi) is 4.69. The fourth-order valence-corrected chi connectivity index (χ4v) is 2.51. The van der Waals surface area contributed by atoms with Crippen molar-refractivity contribution in [1.29, 1.82) is 0 Å². The van der Waals surface area contributed by atoms with Crippen LogP contribution in [0.3, 0.4) is 0 Å². The minimum absolute atomic E-state index is 0.0628. The number of aromatic nitrogens is 3. The third kappa shape index (κ3) is 4.38. The third-order valence-corrected chi connectivity index (χ3v) is 3.43. The number of primary amides is 1. The first-order chi connectivity index (χ1) is 9.94. The van der Waals surface area contributed by atoms with E-state index in [9.17, 15) is 9.59 Å². The van der Waals surface area contributed by atoms with Crippen LogP contribution in [0.5, 0.6) is 0 Å². The Hall–Kier alpha value is -2.22. The van der Waals surface area contributed by atoms with Crippen molar-refractivity contribution in [2.75, 3.05) is 5.32 Å². The first-order valence-electron chi connectivity index (χ1n) is 6.52. The smallest absolute Gasteiger partial charge is 0.277 e. The molecule has 112 valence electrons. The number of nitrogens with zero attached hydrogens (tertiary/aromatic N) is 2. The van der Waals surface area contributed by atoms with Crippen molar-refractivity contribution < 1.29 is 9.59 Å². The van der Waals surface area contributed by atoms with E-state index in [1.165, 1.54) is 11.3 Å². The SMILES string of the molecule is CC(C)Cc1cc(C(=O)Nc2nc(CC(N)=O)cs2)n[nH]1. The molecule has 2 rings (SSSR count). The van der Waals surface area contributed by atoms with Gasteiger partial charge in [0.15, 0.2) is 10.8 Å². The molecule has 0 spiro atoms. The molecule has 0 saturated heterocycles. The topological polar surface area (TPSA) is 114 Å². The lowest BCUT2D eigenvalue weighted by Crippen LogP contribution is -2.14. The number of hydrogen-bond donors (Lipinski definition) is 3. The zero-order valence-corrected chi connectivity index (χ0v) is 12.7. The van der Waals surface area contributed by atoms with Gasteiger partial charge < -0.3 is 5.73 Å². The van der Waals surface area contributed by atoms with Crippen LogP contribution in [-0.4, -0.2) is 27.0 Å². The van der Waals surface area contributed by atoms with Gasteiger partial charge in [0, 0.05) is 11.1 Å². The van der Waals surface area contributed by atoms with E-state index in [2.05, 4.69) is 34.3 Å². The summed E-state index contributed by atoms with van der Waals surface area (Å²) in [5.41, 5.74) is 6.88. The standard InChI is InChI=1S/C13H17N5O2S/c1-7(2)3-8-4-10(18-17-8)12(20)16-13-15-9(6-21-13)5-11(14)19/h4,6-7H,3,5H2,1-2H3,(H2,14,19)(H,17,18)(H,15,16,20). The molecule has 0 bridgehead atoms. The molecular weight excluding hydrogens is 290 g/mol. The minimum atomic E-state index is -0.455. The lowest BCUT2D eigenvalue weighted by molar-refractivity contribution is -0.117. The molecule has 21 heavy (non-hydrogen) atoms. The van der Waals surface area contributed by atoms with Gasteiger partial charge in [-0.2, -0.15) is 5.10 Å². The van der Waals surface area contributed by atoms with Gasteiger partial charge in [-0.1, -0.05) is 13.8 Å². The van der Waals surface area contributed by atoms with Gasteiger partial charge in [-0.05, 0) is 18.4 Å². The maximum Gasteiger partial charge on any atom is 0.277 e. The van der Waals surface area contributed by atoms with Crippen LogP contribution < -0.4 is 11.1 Å². The van der Waals surface area contributed by atoms with E-state index in [4.69, 9.17) is 5.73 Å². The van der Waals surface area contributed by atoms with Crippen molar-refractivity contribution in [2.45, 2.75) is 26.7 Å². The minimum Gasteiger partial charge on any atom is -0.369 e. The largest absolute Gasteiger partial charge is 0.369 e. The van der Waals surface area contributed by atoms with Gasteiger partial charge in [0.05, 0.1) is 12.1 Å². The van der Waals surface area contributed by atoms with Gasteiger partial charge in [-0.15, -0.1) is 11.3 Å². The second-order valence-corrected chi connectivity index (χ2v) is 5.98. The molecule has 2 amide bonds. The van der Waals surface area contributed by atoms with Crippen LogP contribution in [0.15, 0.2) is 11.4 Å². The molecular formula is C13H17N5O2S. The molecule has 0 saturated carbocycles. The molecule has 2 heterocycles. The predicted molar refractivity (Wildman–Crippen MR) is 80.1 cm³/mol. The van der Waals surface area contributed by atoms with E-state index in [-0.39, 0.29) is 12.3 Å². The lowest BCUT2D eigenvalue weighted by Gasteiger charge is -1.99. The Bertz CT molecular complexity index is 647. The predicted octanol–water partition coefficient (Wildman–Crippen LogP) is 1.34. The van der Waals surface area contributed by atoms with Crippen LogP contribution in [-0.2, 0) is 17.6 Å². The number of thiazole rings is 1. The number of nitrogens with two attached hydrogens (primary N) is 1. The molecule has 0 fully saturated rings. The fourth-order valence-electron chi connectivity index (χ4n) is 1.81. The van der Waals surface area contributed by atoms with E-state index in [1.807, 2.05) is 0 Å². The molecule has 0 aliphatic carbocycles. The van der Waals surface area contributed by atoms with Gasteiger partial charge in [-0.25, -0.2) is 4.98 Å². The van der Waals surface area contributed by atoms with Gasteiger partial charge >= 0.3 is 0 Å². The normalized spacial score (nSPS) is 10.8. The fraction of sp³-hybridized carbons (Fsp3) is 0.385. The van der Waals surface area contributed by atoms with Crippen LogP contribution in [0.25, 0.3) is 0 Å². The van der Waals surface area contributed by atoms with E-state index in [0.717, 1.165) is 12.1 Å². The summed E-state index contributed by atoms with van der Waals surface area (Å²) in [5.74, 6) is -0.304. The molecule has 2 aromatic heterocycles. The Morgan fingerprint density at radius 3 is 2.90 bits per heavy atom. The molecule has 0 aromatic carbocycles. The molecule has 0 radical (unpaired) electrons. The van der Waals surface area contributed by atoms with Crippen LogP contribution in [0.1, 0.15) is 35.7 Å². The monoisotopic (exact) mass is 307 g/mol. The zero-order valence-electron chi connectivity index (χ0n) is 11.8. The average Bonchev–Trinajstić information content (AvgIpc) is 2.97. The molecule has 2 aromatic rings. The second-order valence-electron chi connectivity index (χ2n) is 5.12. The quantitative estimate of drug-likeness (QED) is 0.747. The number of H-pyrrole nitrogens is 1. The van der Waals surface area contributed by atoms with E-state index < -0.39 is 5.91 Å². The zero-order chi connectivity index (χ0) is 15.4. The highest BCUT2D eigenvalue weighted by molar-refractivity contribution is 7.14. The summed E-state index contributed by atoms with van der Waals surface area (Å²) in [6.07, 6.45) is 0.896. The molecule has 7 nitrogen and oxygen atoms in total. The number of rotatable bonds is 6. The molecule has 0 aliphatic rings. The van der Waals surface area contributed by atoms with E-state index >= 15 is 0 Å². The van der Waals surface area contributed by atoms with Crippen molar-refractivity contribution in [3.63, 3.8) is 0 Å².